The van der Waals surface area contributed by atoms with Crippen LogP contribution in [0.5, 0.6) is 0 Å². The van der Waals surface area contributed by atoms with Gasteiger partial charge in [0.05, 0.1) is 13.0 Å². The second-order valence-electron chi connectivity index (χ2n) is 5.03. The van der Waals surface area contributed by atoms with Gasteiger partial charge >= 0.3 is 6.18 Å². The van der Waals surface area contributed by atoms with Gasteiger partial charge in [-0.3, -0.25) is 9.59 Å². The topological polar surface area (TPSA) is 49.4 Å². The molecule has 0 bridgehead atoms. The predicted molar refractivity (Wildman–Crippen MR) is 69.2 cm³/mol. The highest BCUT2D eigenvalue weighted by Gasteiger charge is 2.47. The van der Waals surface area contributed by atoms with E-state index in [1.807, 2.05) is 0 Å². The van der Waals surface area contributed by atoms with Gasteiger partial charge in [-0.05, 0) is 12.5 Å². The summed E-state index contributed by atoms with van der Waals surface area (Å²) in [6, 6.07) is 8.33. The number of halogens is 3. The number of nitrogens with one attached hydrogen (secondary N) is 1. The molecule has 114 valence electrons. The maximum atomic E-state index is 12.5. The Kier molecular flexibility index (Phi) is 3.93. The highest BCUT2D eigenvalue weighted by atomic mass is 19.4. The molecule has 1 atom stereocenters. The Hall–Kier alpha value is -2.05. The van der Waals surface area contributed by atoms with Crippen LogP contribution in [-0.2, 0) is 15.1 Å². The molecule has 1 aliphatic heterocycles. The number of benzene rings is 1. The highest BCUT2D eigenvalue weighted by Crippen LogP contribution is 2.32. The van der Waals surface area contributed by atoms with E-state index >= 15 is 0 Å². The van der Waals surface area contributed by atoms with Gasteiger partial charge in [0.25, 0.3) is 5.91 Å². The van der Waals surface area contributed by atoms with Gasteiger partial charge in [-0.1, -0.05) is 30.3 Å². The van der Waals surface area contributed by atoms with Crippen LogP contribution in [0.25, 0.3) is 0 Å². The van der Waals surface area contributed by atoms with Gasteiger partial charge in [0.15, 0.2) is 0 Å². The molecule has 1 aromatic rings. The molecule has 1 aromatic carbocycles. The van der Waals surface area contributed by atoms with Crippen molar-refractivity contribution in [3.8, 4) is 0 Å². The van der Waals surface area contributed by atoms with Crippen molar-refractivity contribution in [2.24, 2.45) is 0 Å². The second-order valence-corrected chi connectivity index (χ2v) is 5.03. The van der Waals surface area contributed by atoms with Gasteiger partial charge in [-0.15, -0.1) is 0 Å². The molecule has 1 heterocycles. The standard InChI is InChI=1S/C14H15F3N2O2/c1-13(10-5-3-2-4-6-10)12(21)18-9-11(20)19(13)8-7-14(15,16)17/h2-6H,7-9H2,1H3,(H,18,21). The Morgan fingerprint density at radius 1 is 1.24 bits per heavy atom. The van der Waals surface area contributed by atoms with Crippen LogP contribution >= 0.6 is 0 Å². The summed E-state index contributed by atoms with van der Waals surface area (Å²) in [6.45, 7) is 0.644. The van der Waals surface area contributed by atoms with Gasteiger partial charge in [0, 0.05) is 6.54 Å². The van der Waals surface area contributed by atoms with E-state index in [9.17, 15) is 22.8 Å². The average Bonchev–Trinajstić information content (AvgIpc) is 2.43. The summed E-state index contributed by atoms with van der Waals surface area (Å²) in [5, 5.41) is 2.44. The number of carbonyl (C=O) groups is 2. The molecule has 0 radical (unpaired) electrons. The fraction of sp³-hybridized carbons (Fsp3) is 0.429. The molecule has 0 aromatic heterocycles. The largest absolute Gasteiger partial charge is 0.390 e. The van der Waals surface area contributed by atoms with E-state index in [1.54, 1.807) is 30.3 Å². The zero-order chi connectivity index (χ0) is 15.7. The Morgan fingerprint density at radius 2 is 1.86 bits per heavy atom. The van der Waals surface area contributed by atoms with E-state index in [0.717, 1.165) is 4.90 Å². The van der Waals surface area contributed by atoms with E-state index in [0.29, 0.717) is 5.56 Å². The summed E-state index contributed by atoms with van der Waals surface area (Å²) in [5.74, 6) is -0.999. The summed E-state index contributed by atoms with van der Waals surface area (Å²) >= 11 is 0. The zero-order valence-electron chi connectivity index (χ0n) is 11.4. The number of alkyl halides is 3. The minimum absolute atomic E-state index is 0.279. The van der Waals surface area contributed by atoms with Crippen LogP contribution in [0.4, 0.5) is 13.2 Å². The molecule has 0 saturated carbocycles. The predicted octanol–water partition coefficient (Wildman–Crippen LogP) is 1.81. The first-order valence-corrected chi connectivity index (χ1v) is 6.46. The summed E-state index contributed by atoms with van der Waals surface area (Å²) in [7, 11) is 0. The van der Waals surface area contributed by atoms with E-state index in [2.05, 4.69) is 5.32 Å². The highest BCUT2D eigenvalue weighted by molar-refractivity contribution is 5.98. The minimum atomic E-state index is -4.38. The lowest BCUT2D eigenvalue weighted by atomic mass is 9.87. The fourth-order valence-electron chi connectivity index (χ4n) is 2.43. The molecule has 21 heavy (non-hydrogen) atoms. The van der Waals surface area contributed by atoms with Crippen LogP contribution in [0.2, 0.25) is 0 Å². The van der Waals surface area contributed by atoms with Crippen molar-refractivity contribution in [2.75, 3.05) is 13.1 Å². The Balaban J connectivity index is 2.37. The van der Waals surface area contributed by atoms with Gasteiger partial charge in [0.1, 0.15) is 5.54 Å². The van der Waals surface area contributed by atoms with Crippen LogP contribution in [0.15, 0.2) is 30.3 Å². The van der Waals surface area contributed by atoms with Crippen LogP contribution in [0.1, 0.15) is 18.9 Å². The number of rotatable bonds is 3. The SMILES string of the molecule is CC1(c2ccccc2)C(=O)NCC(=O)N1CCC(F)(F)F. The van der Waals surface area contributed by atoms with Gasteiger partial charge in [-0.25, -0.2) is 0 Å². The van der Waals surface area contributed by atoms with Crippen LogP contribution < -0.4 is 5.32 Å². The average molecular weight is 300 g/mol. The second kappa shape index (κ2) is 5.38. The number of carbonyl (C=O) groups excluding carboxylic acids is 2. The number of hydrogen-bond acceptors (Lipinski definition) is 2. The van der Waals surface area contributed by atoms with Gasteiger partial charge in [0.2, 0.25) is 5.91 Å². The molecule has 1 N–H and O–H groups in total. The van der Waals surface area contributed by atoms with Crippen molar-refractivity contribution in [3.63, 3.8) is 0 Å². The van der Waals surface area contributed by atoms with E-state index in [-0.39, 0.29) is 6.54 Å². The normalized spacial score (nSPS) is 23.1. The van der Waals surface area contributed by atoms with Crippen molar-refractivity contribution in [3.05, 3.63) is 35.9 Å². The third kappa shape index (κ3) is 3.01. The molecule has 1 unspecified atom stereocenters. The molecule has 1 saturated heterocycles. The van der Waals surface area contributed by atoms with Gasteiger partial charge < -0.3 is 10.2 Å². The van der Waals surface area contributed by atoms with Crippen LogP contribution in [0, 0.1) is 0 Å². The van der Waals surface area contributed by atoms with Crippen molar-refractivity contribution in [1.82, 2.24) is 10.2 Å². The molecular weight excluding hydrogens is 285 g/mol. The summed E-state index contributed by atoms with van der Waals surface area (Å²) in [5.41, 5.74) is -0.945. The molecule has 0 aliphatic carbocycles. The third-order valence-electron chi connectivity index (χ3n) is 3.64. The number of nitrogens with zero attached hydrogens (tertiary/aromatic N) is 1. The molecule has 2 amide bonds. The molecule has 2 rings (SSSR count). The Morgan fingerprint density at radius 3 is 2.43 bits per heavy atom. The van der Waals surface area contributed by atoms with Crippen molar-refractivity contribution >= 4 is 11.8 Å². The maximum absolute atomic E-state index is 12.5. The van der Waals surface area contributed by atoms with Crippen molar-refractivity contribution in [2.45, 2.75) is 25.1 Å². The lowest BCUT2D eigenvalue weighted by Gasteiger charge is -2.43. The van der Waals surface area contributed by atoms with Crippen LogP contribution in [-0.4, -0.2) is 36.0 Å². The first kappa shape index (κ1) is 15.3. The van der Waals surface area contributed by atoms with Crippen molar-refractivity contribution in [1.29, 1.82) is 0 Å². The quantitative estimate of drug-likeness (QED) is 0.925. The first-order valence-electron chi connectivity index (χ1n) is 6.46. The molecule has 1 fully saturated rings. The fourth-order valence-corrected chi connectivity index (χ4v) is 2.43. The molecule has 1 aliphatic rings. The summed E-state index contributed by atoms with van der Waals surface area (Å²) in [4.78, 5) is 25.2. The molecule has 7 heteroatoms. The van der Waals surface area contributed by atoms with Crippen LogP contribution in [0.3, 0.4) is 0 Å². The smallest absolute Gasteiger partial charge is 0.345 e. The summed E-state index contributed by atoms with van der Waals surface area (Å²) in [6.07, 6.45) is -5.53. The Labute approximate surface area is 119 Å². The van der Waals surface area contributed by atoms with Crippen molar-refractivity contribution < 1.29 is 22.8 Å². The number of amides is 2. The lowest BCUT2D eigenvalue weighted by Crippen LogP contribution is -2.64. The number of piperazine rings is 1. The van der Waals surface area contributed by atoms with E-state index in [1.165, 1.54) is 6.92 Å². The third-order valence-corrected chi connectivity index (χ3v) is 3.64. The van der Waals surface area contributed by atoms with Gasteiger partial charge in [-0.2, -0.15) is 13.2 Å². The molecular formula is C14H15F3N2O2. The van der Waals surface area contributed by atoms with E-state index < -0.39 is 36.5 Å². The molecule has 4 nitrogen and oxygen atoms in total. The zero-order valence-corrected chi connectivity index (χ0v) is 11.4. The van der Waals surface area contributed by atoms with E-state index in [4.69, 9.17) is 0 Å². The monoisotopic (exact) mass is 300 g/mol. The first-order chi connectivity index (χ1) is 9.75. The Bertz CT molecular complexity index is 545. The minimum Gasteiger partial charge on any atom is -0.345 e. The maximum Gasteiger partial charge on any atom is 0.390 e. The molecule has 0 spiro atoms. The lowest BCUT2D eigenvalue weighted by molar-refractivity contribution is -0.162. The number of hydrogen-bond donors (Lipinski definition) is 1. The summed E-state index contributed by atoms with van der Waals surface area (Å²) < 4.78 is 37.4.